The third-order valence-electron chi connectivity index (χ3n) is 5.30. The van der Waals surface area contributed by atoms with Crippen LogP contribution in [0.15, 0.2) is 18.2 Å². The van der Waals surface area contributed by atoms with Crippen LogP contribution in [-0.4, -0.2) is 36.0 Å². The zero-order valence-electron chi connectivity index (χ0n) is 14.5. The molecule has 9 heteroatoms. The predicted octanol–water partition coefficient (Wildman–Crippen LogP) is 4.47. The van der Waals surface area contributed by atoms with Crippen molar-refractivity contribution in [2.24, 2.45) is 0 Å². The maximum absolute atomic E-state index is 13.3. The van der Waals surface area contributed by atoms with Crippen LogP contribution in [0.3, 0.4) is 0 Å². The van der Waals surface area contributed by atoms with Gasteiger partial charge < -0.3 is 5.32 Å². The minimum atomic E-state index is -5.06. The second-order valence-electron chi connectivity index (χ2n) is 7.08. The zero-order valence-corrected chi connectivity index (χ0v) is 14.5. The summed E-state index contributed by atoms with van der Waals surface area (Å²) in [7, 11) is 0. The van der Waals surface area contributed by atoms with Crippen LogP contribution in [0, 0.1) is 0 Å². The fourth-order valence-electron chi connectivity index (χ4n) is 4.02. The van der Waals surface area contributed by atoms with E-state index in [1.54, 1.807) is 0 Å². The molecule has 2 fully saturated rings. The lowest BCUT2D eigenvalue weighted by atomic mass is 10.0. The molecule has 0 unspecified atom stereocenters. The molecule has 1 saturated carbocycles. The summed E-state index contributed by atoms with van der Waals surface area (Å²) >= 11 is 0. The summed E-state index contributed by atoms with van der Waals surface area (Å²) < 4.78 is 78.1. The van der Waals surface area contributed by atoms with E-state index in [2.05, 4.69) is 10.2 Å². The molecule has 2 aliphatic rings. The smallest absolute Gasteiger partial charge is 0.348 e. The van der Waals surface area contributed by atoms with Crippen molar-refractivity contribution in [1.82, 2.24) is 10.2 Å². The average Bonchev–Trinajstić information content (AvgIpc) is 3.23. The van der Waals surface area contributed by atoms with E-state index in [9.17, 15) is 31.1 Å². The quantitative estimate of drug-likeness (QED) is 0.768. The van der Waals surface area contributed by atoms with Crippen LogP contribution >= 0.6 is 0 Å². The van der Waals surface area contributed by atoms with Crippen molar-refractivity contribution >= 4 is 5.91 Å². The largest absolute Gasteiger partial charge is 0.417 e. The fraction of sp³-hybridized carbons (Fsp3) is 0.611. The molecule has 0 bridgehead atoms. The van der Waals surface area contributed by atoms with Gasteiger partial charge in [-0.05, 0) is 63.4 Å². The van der Waals surface area contributed by atoms with Gasteiger partial charge in [0.05, 0.1) is 16.7 Å². The van der Waals surface area contributed by atoms with Gasteiger partial charge in [0.25, 0.3) is 5.91 Å². The van der Waals surface area contributed by atoms with E-state index in [-0.39, 0.29) is 18.2 Å². The SMILES string of the molecule is O=C(N[C@H]1CCC[C@H]1N1CCCC1)c1ccc(C(F)(F)F)cc1C(F)(F)F. The molecule has 27 heavy (non-hydrogen) atoms. The van der Waals surface area contributed by atoms with Crippen molar-refractivity contribution in [3.63, 3.8) is 0 Å². The van der Waals surface area contributed by atoms with E-state index in [0.717, 1.165) is 38.8 Å². The minimum Gasteiger partial charge on any atom is -0.348 e. The van der Waals surface area contributed by atoms with Crippen LogP contribution in [0.2, 0.25) is 0 Å². The van der Waals surface area contributed by atoms with E-state index in [4.69, 9.17) is 0 Å². The Hall–Kier alpha value is -1.77. The first kappa shape index (κ1) is 20.0. The fourth-order valence-corrected chi connectivity index (χ4v) is 4.02. The molecular formula is C18H20F6N2O. The Morgan fingerprint density at radius 1 is 0.963 bits per heavy atom. The van der Waals surface area contributed by atoms with Crippen molar-refractivity contribution in [2.75, 3.05) is 13.1 Å². The van der Waals surface area contributed by atoms with Crippen molar-refractivity contribution in [3.05, 3.63) is 34.9 Å². The van der Waals surface area contributed by atoms with E-state index in [1.165, 1.54) is 0 Å². The molecule has 1 saturated heterocycles. The third kappa shape index (κ3) is 4.39. The molecule has 1 amide bonds. The average molecular weight is 394 g/mol. The molecule has 1 N–H and O–H groups in total. The highest BCUT2D eigenvalue weighted by molar-refractivity contribution is 5.96. The number of nitrogens with one attached hydrogen (secondary N) is 1. The molecule has 150 valence electrons. The molecule has 0 aromatic heterocycles. The molecule has 0 spiro atoms. The molecule has 3 nitrogen and oxygen atoms in total. The minimum absolute atomic E-state index is 0.00150. The van der Waals surface area contributed by atoms with Crippen molar-refractivity contribution in [3.8, 4) is 0 Å². The number of benzene rings is 1. The highest BCUT2D eigenvalue weighted by atomic mass is 19.4. The Morgan fingerprint density at radius 3 is 2.22 bits per heavy atom. The lowest BCUT2D eigenvalue weighted by Gasteiger charge is -2.30. The maximum Gasteiger partial charge on any atom is 0.417 e. The van der Waals surface area contributed by atoms with Crippen LogP contribution in [-0.2, 0) is 12.4 Å². The molecule has 0 radical (unpaired) electrons. The second-order valence-corrected chi connectivity index (χ2v) is 7.08. The van der Waals surface area contributed by atoms with Gasteiger partial charge in [-0.1, -0.05) is 0 Å². The summed E-state index contributed by atoms with van der Waals surface area (Å²) in [5.74, 6) is -0.979. The summed E-state index contributed by atoms with van der Waals surface area (Å²) in [6.07, 6.45) is -5.52. The van der Waals surface area contributed by atoms with E-state index >= 15 is 0 Å². The van der Waals surface area contributed by atoms with E-state index in [0.29, 0.717) is 18.6 Å². The number of hydrogen-bond donors (Lipinski definition) is 1. The van der Waals surface area contributed by atoms with Crippen molar-refractivity contribution in [2.45, 2.75) is 56.5 Å². The van der Waals surface area contributed by atoms with E-state index < -0.39 is 35.0 Å². The van der Waals surface area contributed by atoms with Crippen LogP contribution in [0.4, 0.5) is 26.3 Å². The van der Waals surface area contributed by atoms with Gasteiger partial charge in [0.2, 0.25) is 0 Å². The number of carbonyl (C=O) groups is 1. The highest BCUT2D eigenvalue weighted by Gasteiger charge is 2.40. The number of halogens is 6. The topological polar surface area (TPSA) is 32.3 Å². The Kier molecular flexibility index (Phi) is 5.42. The Morgan fingerprint density at radius 2 is 1.63 bits per heavy atom. The van der Waals surface area contributed by atoms with Gasteiger partial charge in [-0.25, -0.2) is 0 Å². The van der Waals surface area contributed by atoms with Crippen LogP contribution in [0.5, 0.6) is 0 Å². The number of likely N-dealkylation sites (tertiary alicyclic amines) is 1. The first-order valence-corrected chi connectivity index (χ1v) is 8.91. The molecule has 1 aliphatic carbocycles. The first-order valence-electron chi connectivity index (χ1n) is 8.91. The Labute approximate surface area is 152 Å². The maximum atomic E-state index is 13.3. The molecule has 3 rings (SSSR count). The Balaban J connectivity index is 1.83. The number of amides is 1. The number of rotatable bonds is 3. The monoisotopic (exact) mass is 394 g/mol. The zero-order chi connectivity index (χ0) is 19.8. The summed E-state index contributed by atoms with van der Waals surface area (Å²) in [5.41, 5.74) is -3.77. The van der Waals surface area contributed by atoms with Gasteiger partial charge >= 0.3 is 12.4 Å². The van der Waals surface area contributed by atoms with Crippen LogP contribution < -0.4 is 5.32 Å². The Bertz CT molecular complexity index is 694. The van der Waals surface area contributed by atoms with Gasteiger partial charge in [0.15, 0.2) is 0 Å². The summed E-state index contributed by atoms with van der Waals surface area (Å²) in [5, 5.41) is 2.63. The van der Waals surface area contributed by atoms with Gasteiger partial charge in [-0.2, -0.15) is 26.3 Å². The predicted molar refractivity (Wildman–Crippen MR) is 86.1 cm³/mol. The standard InChI is InChI=1S/C18H20F6N2O/c19-17(20,21)11-6-7-12(13(10-11)18(22,23)24)16(27)25-14-4-3-5-15(14)26-8-1-2-9-26/h6-7,10,14-15H,1-5,8-9H2,(H,25,27)/t14-,15+/m0/s1. The van der Waals surface area contributed by atoms with Crippen molar-refractivity contribution < 1.29 is 31.1 Å². The number of hydrogen-bond acceptors (Lipinski definition) is 2. The van der Waals surface area contributed by atoms with Gasteiger partial charge in [0.1, 0.15) is 0 Å². The normalized spacial score (nSPS) is 24.4. The third-order valence-corrected chi connectivity index (χ3v) is 5.30. The van der Waals surface area contributed by atoms with Crippen molar-refractivity contribution in [1.29, 1.82) is 0 Å². The molecule has 2 atom stereocenters. The molecule has 1 aliphatic heterocycles. The summed E-state index contributed by atoms with van der Waals surface area (Å²) in [6, 6.07) is 0.901. The van der Waals surface area contributed by atoms with Gasteiger partial charge in [-0.15, -0.1) is 0 Å². The molecule has 1 heterocycles. The lowest BCUT2D eigenvalue weighted by molar-refractivity contribution is -0.143. The lowest BCUT2D eigenvalue weighted by Crippen LogP contribution is -2.48. The van der Waals surface area contributed by atoms with Gasteiger partial charge in [0, 0.05) is 12.1 Å². The molecular weight excluding hydrogens is 374 g/mol. The van der Waals surface area contributed by atoms with Crippen LogP contribution in [0.25, 0.3) is 0 Å². The number of alkyl halides is 6. The van der Waals surface area contributed by atoms with Gasteiger partial charge in [-0.3, -0.25) is 9.69 Å². The van der Waals surface area contributed by atoms with Crippen LogP contribution in [0.1, 0.15) is 53.6 Å². The number of nitrogens with zero attached hydrogens (tertiary/aromatic N) is 1. The van der Waals surface area contributed by atoms with E-state index in [1.807, 2.05) is 0 Å². The summed E-state index contributed by atoms with van der Waals surface area (Å²) in [4.78, 5) is 14.7. The first-order chi connectivity index (χ1) is 12.6. The number of carbonyl (C=O) groups excluding carboxylic acids is 1. The summed E-state index contributed by atoms with van der Waals surface area (Å²) in [6.45, 7) is 1.79. The second kappa shape index (κ2) is 7.33. The highest BCUT2D eigenvalue weighted by Crippen LogP contribution is 2.37. The molecule has 1 aromatic rings. The molecule has 1 aromatic carbocycles.